The van der Waals surface area contributed by atoms with Crippen LogP contribution in [-0.4, -0.2) is 57.2 Å². The van der Waals surface area contributed by atoms with Crippen LogP contribution in [0.5, 0.6) is 0 Å². The Morgan fingerprint density at radius 1 is 1.30 bits per heavy atom. The molecule has 7 heteroatoms. The summed E-state index contributed by atoms with van der Waals surface area (Å²) >= 11 is 0. The second-order valence-electron chi connectivity index (χ2n) is 5.63. The van der Waals surface area contributed by atoms with Crippen molar-refractivity contribution in [1.82, 2.24) is 9.29 Å². The molecule has 23 heavy (non-hydrogen) atoms. The first-order valence-electron chi connectivity index (χ1n) is 7.44. The van der Waals surface area contributed by atoms with Gasteiger partial charge >= 0.3 is 0 Å². The van der Waals surface area contributed by atoms with Crippen LogP contribution in [0.4, 0.5) is 0 Å². The van der Waals surface area contributed by atoms with Gasteiger partial charge in [-0.05, 0) is 18.6 Å². The van der Waals surface area contributed by atoms with Crippen LogP contribution in [0.3, 0.4) is 0 Å². The maximum atomic E-state index is 13.2. The lowest BCUT2D eigenvalue weighted by molar-refractivity contribution is 0.110. The van der Waals surface area contributed by atoms with Gasteiger partial charge in [0, 0.05) is 43.9 Å². The Labute approximate surface area is 136 Å². The molecule has 0 saturated carbocycles. The van der Waals surface area contributed by atoms with Crippen molar-refractivity contribution in [3.05, 3.63) is 36.7 Å². The molecule has 0 bridgehead atoms. The third-order valence-electron chi connectivity index (χ3n) is 4.25. The first-order chi connectivity index (χ1) is 11.1. The molecule has 124 valence electrons. The van der Waals surface area contributed by atoms with Crippen molar-refractivity contribution in [1.29, 1.82) is 0 Å². The number of nitrogens with zero attached hydrogens (tertiary/aromatic N) is 2. The van der Waals surface area contributed by atoms with E-state index in [1.165, 1.54) is 4.31 Å². The van der Waals surface area contributed by atoms with E-state index in [4.69, 9.17) is 9.47 Å². The van der Waals surface area contributed by atoms with Crippen molar-refractivity contribution in [3.8, 4) is 0 Å². The number of hydrogen-bond donors (Lipinski definition) is 0. The monoisotopic (exact) mass is 336 g/mol. The van der Waals surface area contributed by atoms with Crippen molar-refractivity contribution in [2.75, 3.05) is 27.4 Å². The average Bonchev–Trinajstić information content (AvgIpc) is 2.98. The van der Waals surface area contributed by atoms with Gasteiger partial charge in [0.25, 0.3) is 0 Å². The van der Waals surface area contributed by atoms with Crippen LogP contribution in [0.1, 0.15) is 6.42 Å². The lowest BCUT2D eigenvalue weighted by Crippen LogP contribution is -2.38. The fourth-order valence-electron chi connectivity index (χ4n) is 3.10. The summed E-state index contributed by atoms with van der Waals surface area (Å²) in [5.74, 6) is 0. The first kappa shape index (κ1) is 16.3. The van der Waals surface area contributed by atoms with Crippen LogP contribution in [-0.2, 0) is 19.5 Å². The Kier molecular flexibility index (Phi) is 4.63. The molecule has 0 amide bonds. The summed E-state index contributed by atoms with van der Waals surface area (Å²) in [7, 11) is -0.451. The van der Waals surface area contributed by atoms with E-state index in [0.29, 0.717) is 29.9 Å². The van der Waals surface area contributed by atoms with E-state index in [1.54, 1.807) is 44.8 Å². The second kappa shape index (κ2) is 6.52. The number of rotatable bonds is 5. The Balaban J connectivity index is 2.06. The number of fused-ring (bicyclic) bond motifs is 1. The highest BCUT2D eigenvalue weighted by Gasteiger charge is 2.40. The fourth-order valence-corrected chi connectivity index (χ4v) is 4.97. The molecule has 0 aliphatic carbocycles. The molecule has 0 spiro atoms. The van der Waals surface area contributed by atoms with Gasteiger partial charge in [-0.15, -0.1) is 0 Å². The normalized spacial score (nSPS) is 22.7. The van der Waals surface area contributed by atoms with Crippen molar-refractivity contribution in [3.63, 3.8) is 0 Å². The minimum absolute atomic E-state index is 0.110. The number of ether oxygens (including phenoxy) is 2. The summed E-state index contributed by atoms with van der Waals surface area (Å²) in [5, 5.41) is 1.49. The Morgan fingerprint density at radius 3 is 2.87 bits per heavy atom. The van der Waals surface area contributed by atoms with E-state index in [2.05, 4.69) is 4.98 Å². The highest BCUT2D eigenvalue weighted by molar-refractivity contribution is 7.89. The van der Waals surface area contributed by atoms with Crippen LogP contribution in [0, 0.1) is 0 Å². The van der Waals surface area contributed by atoms with Gasteiger partial charge in [0.05, 0.1) is 23.6 Å². The fraction of sp³-hybridized carbons (Fsp3) is 0.438. The molecule has 0 radical (unpaired) electrons. The standard InChI is InChI=1S/C16H20N2O4S/c1-21-11-13-8-14(22-2)10-18(13)23(19,20)16-5-3-4-12-9-17-7-6-15(12)16/h3-7,9,13-14H,8,10-11H2,1-2H3/t13-,14-/m0/s1. The second-order valence-corrected chi connectivity index (χ2v) is 7.49. The van der Waals surface area contributed by atoms with Gasteiger partial charge in [-0.3, -0.25) is 4.98 Å². The smallest absolute Gasteiger partial charge is 0.244 e. The number of hydrogen-bond acceptors (Lipinski definition) is 5. The summed E-state index contributed by atoms with van der Waals surface area (Å²) in [6.45, 7) is 0.694. The van der Waals surface area contributed by atoms with E-state index < -0.39 is 10.0 Å². The lowest BCUT2D eigenvalue weighted by Gasteiger charge is -2.23. The maximum absolute atomic E-state index is 13.2. The Morgan fingerprint density at radius 2 is 2.13 bits per heavy atom. The van der Waals surface area contributed by atoms with E-state index >= 15 is 0 Å². The Bertz CT molecular complexity index is 788. The molecule has 3 rings (SSSR count). The number of pyridine rings is 1. The molecule has 2 aromatic rings. The third kappa shape index (κ3) is 2.97. The molecule has 1 aromatic carbocycles. The summed E-state index contributed by atoms with van der Waals surface area (Å²) < 4.78 is 38.4. The van der Waals surface area contributed by atoms with E-state index in [9.17, 15) is 8.42 Å². The molecule has 6 nitrogen and oxygen atoms in total. The molecule has 0 unspecified atom stereocenters. The molecule has 1 fully saturated rings. The van der Waals surface area contributed by atoms with Crippen LogP contribution >= 0.6 is 0 Å². The van der Waals surface area contributed by atoms with E-state index in [0.717, 1.165) is 5.39 Å². The van der Waals surface area contributed by atoms with Crippen molar-refractivity contribution < 1.29 is 17.9 Å². The van der Waals surface area contributed by atoms with Gasteiger partial charge in [0.2, 0.25) is 10.0 Å². The first-order valence-corrected chi connectivity index (χ1v) is 8.88. The van der Waals surface area contributed by atoms with Gasteiger partial charge < -0.3 is 9.47 Å². The molecule has 1 aromatic heterocycles. The zero-order valence-electron chi connectivity index (χ0n) is 13.2. The van der Waals surface area contributed by atoms with Crippen LogP contribution < -0.4 is 0 Å². The molecule has 0 N–H and O–H groups in total. The minimum Gasteiger partial charge on any atom is -0.383 e. The van der Waals surface area contributed by atoms with E-state index in [1.807, 2.05) is 6.07 Å². The summed E-state index contributed by atoms with van der Waals surface area (Å²) in [6.07, 6.45) is 3.80. The quantitative estimate of drug-likeness (QED) is 0.830. The molecule has 2 atom stereocenters. The van der Waals surface area contributed by atoms with Gasteiger partial charge in [-0.1, -0.05) is 12.1 Å². The highest BCUT2D eigenvalue weighted by atomic mass is 32.2. The molecule has 1 saturated heterocycles. The molecule has 1 aliphatic rings. The van der Waals surface area contributed by atoms with Crippen molar-refractivity contribution in [2.24, 2.45) is 0 Å². The van der Waals surface area contributed by atoms with Gasteiger partial charge in [-0.2, -0.15) is 4.31 Å². The number of sulfonamides is 1. The van der Waals surface area contributed by atoms with Gasteiger partial charge in [0.1, 0.15) is 0 Å². The predicted molar refractivity (Wildman–Crippen MR) is 86.7 cm³/mol. The number of methoxy groups -OCH3 is 2. The SMILES string of the molecule is COC[C@@H]1C[C@H](OC)CN1S(=O)(=O)c1cccc2cnccc12. The van der Waals surface area contributed by atoms with E-state index in [-0.39, 0.29) is 12.1 Å². The largest absolute Gasteiger partial charge is 0.383 e. The Hall–Kier alpha value is -1.54. The molecule has 2 heterocycles. The summed E-state index contributed by atoms with van der Waals surface area (Å²) in [5.41, 5.74) is 0. The molecular weight excluding hydrogens is 316 g/mol. The van der Waals surface area contributed by atoms with Gasteiger partial charge in [0.15, 0.2) is 0 Å². The topological polar surface area (TPSA) is 68.7 Å². The van der Waals surface area contributed by atoms with Crippen LogP contribution in [0.15, 0.2) is 41.6 Å². The third-order valence-corrected chi connectivity index (χ3v) is 6.22. The minimum atomic E-state index is -3.63. The zero-order valence-corrected chi connectivity index (χ0v) is 14.0. The number of aromatic nitrogens is 1. The maximum Gasteiger partial charge on any atom is 0.244 e. The van der Waals surface area contributed by atoms with Crippen LogP contribution in [0.2, 0.25) is 0 Å². The summed E-state index contributed by atoms with van der Waals surface area (Å²) in [4.78, 5) is 4.36. The lowest BCUT2D eigenvalue weighted by atomic mass is 10.2. The predicted octanol–water partition coefficient (Wildman–Crippen LogP) is 1.66. The van der Waals surface area contributed by atoms with Crippen molar-refractivity contribution in [2.45, 2.75) is 23.5 Å². The van der Waals surface area contributed by atoms with Crippen LogP contribution in [0.25, 0.3) is 10.8 Å². The molecule has 1 aliphatic heterocycles. The van der Waals surface area contributed by atoms with Gasteiger partial charge in [-0.25, -0.2) is 8.42 Å². The molecular formula is C16H20N2O4S. The summed E-state index contributed by atoms with van der Waals surface area (Å²) in [6, 6.07) is 6.76. The number of benzene rings is 1. The average molecular weight is 336 g/mol. The highest BCUT2D eigenvalue weighted by Crippen LogP contribution is 2.31. The van der Waals surface area contributed by atoms with Crippen molar-refractivity contribution >= 4 is 20.8 Å². The zero-order chi connectivity index (χ0) is 16.4.